The van der Waals surface area contributed by atoms with Gasteiger partial charge in [-0.05, 0) is 78.9 Å². The largest absolute Gasteiger partial charge is 0.337 e. The molecule has 1 aliphatic carbocycles. The molecule has 0 aromatic heterocycles. The second-order valence-electron chi connectivity index (χ2n) is 6.07. The molecule has 2 aliphatic rings. The van der Waals surface area contributed by atoms with Gasteiger partial charge in [0.05, 0.1) is 5.56 Å². The predicted molar refractivity (Wildman–Crippen MR) is 88.8 cm³/mol. The molecule has 1 aliphatic heterocycles. The minimum atomic E-state index is -0.290. The fraction of sp³-hybridized carbons (Fsp3) is 0.562. The van der Waals surface area contributed by atoms with E-state index in [1.807, 2.05) is 27.5 Å². The average Bonchev–Trinajstić information content (AvgIpc) is 3.11. The van der Waals surface area contributed by atoms with Crippen molar-refractivity contribution in [3.8, 4) is 0 Å². The molecule has 1 unspecified atom stereocenters. The van der Waals surface area contributed by atoms with E-state index in [0.717, 1.165) is 26.1 Å². The first-order valence-electron chi connectivity index (χ1n) is 7.61. The van der Waals surface area contributed by atoms with Crippen LogP contribution >= 0.6 is 22.6 Å². The number of hydrogen-bond donors (Lipinski definition) is 1. The van der Waals surface area contributed by atoms with Gasteiger partial charge in [0.2, 0.25) is 0 Å². The van der Waals surface area contributed by atoms with Crippen molar-refractivity contribution in [3.05, 3.63) is 33.1 Å². The minimum Gasteiger partial charge on any atom is -0.337 e. The van der Waals surface area contributed by atoms with E-state index in [1.54, 1.807) is 6.07 Å². The van der Waals surface area contributed by atoms with Gasteiger partial charge < -0.3 is 10.2 Å². The number of carbonyl (C=O) groups excluding carboxylic acids is 1. The van der Waals surface area contributed by atoms with Crippen LogP contribution in [0.15, 0.2) is 18.2 Å². The van der Waals surface area contributed by atoms with Crippen LogP contribution < -0.4 is 5.32 Å². The Morgan fingerprint density at radius 2 is 2.14 bits per heavy atom. The molecule has 0 radical (unpaired) electrons. The van der Waals surface area contributed by atoms with Gasteiger partial charge in [0.1, 0.15) is 5.82 Å². The lowest BCUT2D eigenvalue weighted by molar-refractivity contribution is 0.0732. The molecule has 0 bridgehead atoms. The molecule has 3 rings (SSSR count). The van der Waals surface area contributed by atoms with Crippen LogP contribution in [-0.2, 0) is 0 Å². The van der Waals surface area contributed by atoms with Crippen LogP contribution in [0.3, 0.4) is 0 Å². The first kappa shape index (κ1) is 15.2. The molecule has 1 saturated heterocycles. The number of rotatable bonds is 5. The van der Waals surface area contributed by atoms with Gasteiger partial charge in [0.15, 0.2) is 0 Å². The Morgan fingerprint density at radius 3 is 2.76 bits per heavy atom. The minimum absolute atomic E-state index is 0.0417. The molecule has 1 aromatic carbocycles. The lowest BCUT2D eigenvalue weighted by Gasteiger charge is -2.26. The third kappa shape index (κ3) is 3.94. The highest BCUT2D eigenvalue weighted by atomic mass is 127. The second-order valence-corrected chi connectivity index (χ2v) is 7.23. The van der Waals surface area contributed by atoms with E-state index in [2.05, 4.69) is 5.32 Å². The first-order chi connectivity index (χ1) is 10.1. The Kier molecular flexibility index (Phi) is 4.78. The van der Waals surface area contributed by atoms with Gasteiger partial charge >= 0.3 is 0 Å². The molecule has 0 spiro atoms. The monoisotopic (exact) mass is 402 g/mol. The van der Waals surface area contributed by atoms with Crippen molar-refractivity contribution in [2.45, 2.75) is 31.7 Å². The summed E-state index contributed by atoms with van der Waals surface area (Å²) < 4.78 is 13.9. The first-order valence-corrected chi connectivity index (χ1v) is 8.69. The third-order valence-corrected chi connectivity index (χ3v) is 5.12. The summed E-state index contributed by atoms with van der Waals surface area (Å²) in [6.45, 7) is 2.65. The normalized spacial score (nSPS) is 21.5. The smallest absolute Gasteiger partial charge is 0.254 e. The van der Waals surface area contributed by atoms with E-state index in [4.69, 9.17) is 0 Å². The van der Waals surface area contributed by atoms with Crippen LogP contribution in [0.1, 0.15) is 36.0 Å². The van der Waals surface area contributed by atoms with Gasteiger partial charge in [-0.3, -0.25) is 4.79 Å². The summed E-state index contributed by atoms with van der Waals surface area (Å²) in [5.74, 6) is 0.413. The van der Waals surface area contributed by atoms with Gasteiger partial charge in [0, 0.05) is 22.7 Å². The summed E-state index contributed by atoms with van der Waals surface area (Å²) in [4.78, 5) is 14.8. The van der Waals surface area contributed by atoms with Gasteiger partial charge in [0.25, 0.3) is 5.91 Å². The van der Waals surface area contributed by atoms with Crippen LogP contribution in [0.2, 0.25) is 0 Å². The number of amides is 1. The van der Waals surface area contributed by atoms with Crippen LogP contribution in [0.5, 0.6) is 0 Å². The number of halogens is 2. The summed E-state index contributed by atoms with van der Waals surface area (Å²) >= 11 is 2.05. The predicted octanol–water partition coefficient (Wildman–Crippen LogP) is 3.03. The molecule has 3 nitrogen and oxygen atoms in total. The van der Waals surface area contributed by atoms with E-state index in [9.17, 15) is 9.18 Å². The maximum atomic E-state index is 13.2. The van der Waals surface area contributed by atoms with Crippen molar-refractivity contribution < 1.29 is 9.18 Å². The van der Waals surface area contributed by atoms with Crippen molar-refractivity contribution in [3.63, 3.8) is 0 Å². The maximum Gasteiger partial charge on any atom is 0.254 e. The van der Waals surface area contributed by atoms with E-state index in [-0.39, 0.29) is 11.7 Å². The molecule has 2 fully saturated rings. The molecule has 5 heteroatoms. The van der Waals surface area contributed by atoms with Crippen LogP contribution in [-0.4, -0.2) is 36.5 Å². The van der Waals surface area contributed by atoms with Crippen LogP contribution in [0.25, 0.3) is 0 Å². The molecule has 1 amide bonds. The van der Waals surface area contributed by atoms with E-state index in [0.29, 0.717) is 21.1 Å². The van der Waals surface area contributed by atoms with Crippen molar-refractivity contribution in [1.82, 2.24) is 10.2 Å². The molecule has 114 valence electrons. The van der Waals surface area contributed by atoms with E-state index >= 15 is 0 Å². The van der Waals surface area contributed by atoms with Crippen molar-refractivity contribution >= 4 is 28.5 Å². The Morgan fingerprint density at radius 1 is 1.33 bits per heavy atom. The van der Waals surface area contributed by atoms with Gasteiger partial charge in [-0.25, -0.2) is 4.39 Å². The molecule has 21 heavy (non-hydrogen) atoms. The summed E-state index contributed by atoms with van der Waals surface area (Å²) in [7, 11) is 0. The fourth-order valence-electron chi connectivity index (χ4n) is 2.86. The molecule has 1 N–H and O–H groups in total. The van der Waals surface area contributed by atoms with Crippen molar-refractivity contribution in [1.29, 1.82) is 0 Å². The molecule has 1 saturated carbocycles. The molecular weight excluding hydrogens is 382 g/mol. The molecule has 1 aromatic rings. The summed E-state index contributed by atoms with van der Waals surface area (Å²) in [5, 5.41) is 3.46. The van der Waals surface area contributed by atoms with Crippen molar-refractivity contribution in [2.24, 2.45) is 5.92 Å². The Balaban J connectivity index is 1.75. The molecule has 1 atom stereocenters. The molecule has 1 heterocycles. The summed E-state index contributed by atoms with van der Waals surface area (Å²) in [5.41, 5.74) is 0.621. The zero-order valence-electron chi connectivity index (χ0n) is 11.9. The molecular formula is C16H20FIN2O. The Bertz CT molecular complexity index is 527. The SMILES string of the molecule is O=C(c1ccc(F)cc1I)N(CC1CC1)CC1CCCN1. The number of hydrogen-bond acceptors (Lipinski definition) is 2. The highest BCUT2D eigenvalue weighted by Crippen LogP contribution is 2.30. The average molecular weight is 402 g/mol. The van der Waals surface area contributed by atoms with Crippen molar-refractivity contribution in [2.75, 3.05) is 19.6 Å². The Hall–Kier alpha value is -0.690. The van der Waals surface area contributed by atoms with Gasteiger partial charge in [-0.1, -0.05) is 0 Å². The fourth-order valence-corrected chi connectivity index (χ4v) is 3.57. The summed E-state index contributed by atoms with van der Waals surface area (Å²) in [6, 6.07) is 4.82. The zero-order valence-corrected chi connectivity index (χ0v) is 14.1. The quantitative estimate of drug-likeness (QED) is 0.769. The zero-order chi connectivity index (χ0) is 14.8. The number of nitrogens with one attached hydrogen (secondary N) is 1. The van der Waals surface area contributed by atoms with Gasteiger partial charge in [-0.2, -0.15) is 0 Å². The van der Waals surface area contributed by atoms with E-state index < -0.39 is 0 Å². The van der Waals surface area contributed by atoms with Crippen LogP contribution in [0.4, 0.5) is 4.39 Å². The summed E-state index contributed by atoms with van der Waals surface area (Å²) in [6.07, 6.45) is 4.77. The lowest BCUT2D eigenvalue weighted by Crippen LogP contribution is -2.42. The number of benzene rings is 1. The van der Waals surface area contributed by atoms with Gasteiger partial charge in [-0.15, -0.1) is 0 Å². The number of carbonyl (C=O) groups is 1. The maximum absolute atomic E-state index is 13.2. The Labute approximate surface area is 138 Å². The lowest BCUT2D eigenvalue weighted by atomic mass is 10.1. The van der Waals surface area contributed by atoms with Crippen LogP contribution in [0, 0.1) is 15.3 Å². The standard InChI is InChI=1S/C16H20FIN2O/c17-12-5-6-14(15(18)8-12)16(21)20(9-11-3-4-11)10-13-2-1-7-19-13/h5-6,8,11,13,19H,1-4,7,9-10H2. The van der Waals surface area contributed by atoms with E-state index in [1.165, 1.54) is 31.4 Å². The number of nitrogens with zero attached hydrogens (tertiary/aromatic N) is 1. The second kappa shape index (κ2) is 6.60. The topological polar surface area (TPSA) is 32.3 Å². The highest BCUT2D eigenvalue weighted by Gasteiger charge is 2.30. The highest BCUT2D eigenvalue weighted by molar-refractivity contribution is 14.1. The third-order valence-electron chi connectivity index (χ3n) is 4.23.